The van der Waals surface area contributed by atoms with Crippen molar-refractivity contribution >= 4 is 23.8 Å². The van der Waals surface area contributed by atoms with Gasteiger partial charge in [-0.2, -0.15) is 0 Å². The number of hydrogen-bond donors (Lipinski definition) is 2. The molecule has 0 spiro atoms. The Hall–Kier alpha value is -3.41. The number of para-hydroxylation sites is 1. The number of nitrogens with one attached hydrogen (secondary N) is 1. The Labute approximate surface area is 176 Å². The van der Waals surface area contributed by atoms with Crippen LogP contribution in [0.3, 0.4) is 0 Å². The summed E-state index contributed by atoms with van der Waals surface area (Å²) >= 11 is 0. The highest BCUT2D eigenvalue weighted by Crippen LogP contribution is 2.24. The Morgan fingerprint density at radius 3 is 2.43 bits per heavy atom. The van der Waals surface area contributed by atoms with E-state index in [0.717, 1.165) is 32.4 Å². The summed E-state index contributed by atoms with van der Waals surface area (Å²) in [5.41, 5.74) is 6.82. The normalized spacial score (nSPS) is 14.6. The number of benzene rings is 2. The van der Waals surface area contributed by atoms with E-state index in [2.05, 4.69) is 0 Å². The first kappa shape index (κ1) is 21.3. The Balaban J connectivity index is 1.53. The fourth-order valence-corrected chi connectivity index (χ4v) is 3.53. The summed E-state index contributed by atoms with van der Waals surface area (Å²) in [7, 11) is 0. The molecule has 6 nitrogen and oxygen atoms in total. The van der Waals surface area contributed by atoms with Gasteiger partial charge in [-0.3, -0.25) is 15.0 Å². The molecule has 6 heteroatoms. The molecule has 0 atom stereocenters. The Morgan fingerprint density at radius 2 is 1.73 bits per heavy atom. The van der Waals surface area contributed by atoms with Gasteiger partial charge in [0, 0.05) is 30.6 Å². The predicted molar refractivity (Wildman–Crippen MR) is 117 cm³/mol. The Morgan fingerprint density at radius 1 is 1.07 bits per heavy atom. The van der Waals surface area contributed by atoms with Gasteiger partial charge >= 0.3 is 5.97 Å². The number of hydrogen-bond acceptors (Lipinski definition) is 4. The number of carbonyl (C=O) groups excluding carboxylic acids is 2. The Kier molecular flexibility index (Phi) is 7.38. The summed E-state index contributed by atoms with van der Waals surface area (Å²) in [6.07, 6.45) is 6.11. The van der Waals surface area contributed by atoms with Crippen LogP contribution in [-0.4, -0.2) is 35.7 Å². The van der Waals surface area contributed by atoms with Gasteiger partial charge in [-0.15, -0.1) is 0 Å². The molecule has 1 aliphatic rings. The molecular weight excluding hydrogens is 378 g/mol. The van der Waals surface area contributed by atoms with Gasteiger partial charge in [0.2, 0.25) is 0 Å². The van der Waals surface area contributed by atoms with Crippen molar-refractivity contribution in [2.75, 3.05) is 13.1 Å². The lowest BCUT2D eigenvalue weighted by Crippen LogP contribution is -2.42. The number of piperidine rings is 1. The monoisotopic (exact) mass is 405 g/mol. The van der Waals surface area contributed by atoms with Crippen LogP contribution < -0.4 is 10.5 Å². The van der Waals surface area contributed by atoms with Crippen LogP contribution in [0.4, 0.5) is 0 Å². The highest BCUT2D eigenvalue weighted by Gasteiger charge is 2.21. The molecule has 3 rings (SSSR count). The maximum Gasteiger partial charge on any atom is 0.311 e. The average Bonchev–Trinajstić information content (AvgIpc) is 2.77. The van der Waals surface area contributed by atoms with Crippen LogP contribution in [-0.2, 0) is 4.79 Å². The van der Waals surface area contributed by atoms with Gasteiger partial charge in [0.15, 0.2) is 11.7 Å². The predicted octanol–water partition coefficient (Wildman–Crippen LogP) is 3.87. The molecule has 0 bridgehead atoms. The number of rotatable bonds is 7. The van der Waals surface area contributed by atoms with Crippen molar-refractivity contribution in [3.05, 3.63) is 71.8 Å². The fraction of sp³-hybridized carbons (Fsp3) is 0.292. The largest absolute Gasteiger partial charge is 0.426 e. The second-order valence-electron chi connectivity index (χ2n) is 7.43. The topological polar surface area (TPSA) is 96.5 Å². The quantitative estimate of drug-likeness (QED) is 0.182. The molecule has 0 aliphatic carbocycles. The molecule has 0 aromatic heterocycles. The van der Waals surface area contributed by atoms with Gasteiger partial charge < -0.3 is 15.4 Å². The van der Waals surface area contributed by atoms with E-state index in [4.69, 9.17) is 15.9 Å². The lowest BCUT2D eigenvalue weighted by molar-refractivity contribution is -0.134. The third-order valence-electron chi connectivity index (χ3n) is 5.33. The summed E-state index contributed by atoms with van der Waals surface area (Å²) in [6.45, 7) is 1.52. The van der Waals surface area contributed by atoms with E-state index in [1.807, 2.05) is 35.2 Å². The van der Waals surface area contributed by atoms with E-state index in [0.29, 0.717) is 29.2 Å². The first-order valence-corrected chi connectivity index (χ1v) is 10.2. The molecule has 0 unspecified atom stereocenters. The van der Waals surface area contributed by atoms with Gasteiger partial charge in [0.05, 0.1) is 0 Å². The van der Waals surface area contributed by atoms with Crippen molar-refractivity contribution in [3.63, 3.8) is 0 Å². The number of allylic oxidation sites excluding steroid dienone is 1. The fourth-order valence-electron chi connectivity index (χ4n) is 3.53. The lowest BCUT2D eigenvalue weighted by Gasteiger charge is -2.31. The van der Waals surface area contributed by atoms with E-state index >= 15 is 0 Å². The second-order valence-corrected chi connectivity index (χ2v) is 7.43. The van der Waals surface area contributed by atoms with Gasteiger partial charge in [0.1, 0.15) is 5.75 Å². The number of esters is 1. The van der Waals surface area contributed by atoms with E-state index in [-0.39, 0.29) is 17.7 Å². The number of carbonyl (C=O) groups is 2. The van der Waals surface area contributed by atoms with Crippen molar-refractivity contribution < 1.29 is 14.3 Å². The van der Waals surface area contributed by atoms with Crippen LogP contribution in [0.2, 0.25) is 0 Å². The molecular formula is C24H27N3O3. The lowest BCUT2D eigenvalue weighted by atomic mass is 9.92. The minimum Gasteiger partial charge on any atom is -0.426 e. The van der Waals surface area contributed by atoms with Gasteiger partial charge in [-0.05, 0) is 43.4 Å². The van der Waals surface area contributed by atoms with Crippen LogP contribution in [0.5, 0.6) is 5.75 Å². The number of guanidine groups is 1. The molecule has 2 aromatic carbocycles. The van der Waals surface area contributed by atoms with Crippen molar-refractivity contribution in [1.29, 1.82) is 5.41 Å². The molecule has 1 heterocycles. The maximum atomic E-state index is 12.4. The number of ether oxygens (including phenoxy) is 1. The first-order chi connectivity index (χ1) is 14.5. The van der Waals surface area contributed by atoms with E-state index in [1.165, 1.54) is 6.08 Å². The van der Waals surface area contributed by atoms with Gasteiger partial charge in [-0.25, -0.2) is 0 Å². The zero-order valence-electron chi connectivity index (χ0n) is 16.9. The summed E-state index contributed by atoms with van der Waals surface area (Å²) < 4.78 is 5.57. The maximum absolute atomic E-state index is 12.4. The molecule has 0 radical (unpaired) electrons. The summed E-state index contributed by atoms with van der Waals surface area (Å²) in [5.74, 6) is 0.619. The van der Waals surface area contributed by atoms with Gasteiger partial charge in [-0.1, -0.05) is 48.5 Å². The SMILES string of the molecule is N=C(N)N1CCC(CCC(=O)Oc2ccccc2C=CC(=O)c2ccccc2)CC1. The third kappa shape index (κ3) is 6.04. The zero-order chi connectivity index (χ0) is 21.3. The summed E-state index contributed by atoms with van der Waals surface area (Å²) in [6, 6.07) is 16.2. The van der Waals surface area contributed by atoms with Crippen LogP contribution in [0, 0.1) is 11.3 Å². The highest BCUT2D eigenvalue weighted by atomic mass is 16.5. The number of likely N-dealkylation sites (tertiary alicyclic amines) is 1. The summed E-state index contributed by atoms with van der Waals surface area (Å²) in [4.78, 5) is 26.5. The van der Waals surface area contributed by atoms with Crippen molar-refractivity contribution in [2.45, 2.75) is 25.7 Å². The molecule has 2 aromatic rings. The highest BCUT2D eigenvalue weighted by molar-refractivity contribution is 6.06. The summed E-state index contributed by atoms with van der Waals surface area (Å²) in [5, 5.41) is 7.48. The standard InChI is InChI=1S/C24H27N3O3/c25-24(26)27-16-14-18(15-17-27)10-13-23(29)30-22-9-5-4-8-20(22)11-12-21(28)19-6-2-1-3-7-19/h1-9,11-12,18H,10,13-17H2,(H3,25,26). The van der Waals surface area contributed by atoms with Crippen molar-refractivity contribution in [3.8, 4) is 5.75 Å². The molecule has 0 saturated carbocycles. The zero-order valence-corrected chi connectivity index (χ0v) is 16.9. The minimum atomic E-state index is -0.278. The van der Waals surface area contributed by atoms with E-state index in [9.17, 15) is 9.59 Å². The number of ketones is 1. The van der Waals surface area contributed by atoms with Crippen LogP contribution in [0.15, 0.2) is 60.7 Å². The van der Waals surface area contributed by atoms with Crippen molar-refractivity contribution in [2.24, 2.45) is 11.7 Å². The molecule has 1 aliphatic heterocycles. The average molecular weight is 405 g/mol. The minimum absolute atomic E-state index is 0.103. The number of nitrogens with zero attached hydrogens (tertiary/aromatic N) is 1. The van der Waals surface area contributed by atoms with Crippen LogP contribution in [0.1, 0.15) is 41.6 Å². The molecule has 156 valence electrons. The van der Waals surface area contributed by atoms with E-state index in [1.54, 1.807) is 30.3 Å². The Bertz CT molecular complexity index is 916. The first-order valence-electron chi connectivity index (χ1n) is 10.2. The molecule has 1 saturated heterocycles. The van der Waals surface area contributed by atoms with Crippen molar-refractivity contribution in [1.82, 2.24) is 4.90 Å². The molecule has 30 heavy (non-hydrogen) atoms. The van der Waals surface area contributed by atoms with Crippen LogP contribution in [0.25, 0.3) is 6.08 Å². The van der Waals surface area contributed by atoms with Crippen LogP contribution >= 0.6 is 0 Å². The second kappa shape index (κ2) is 10.4. The number of nitrogens with two attached hydrogens (primary N) is 1. The smallest absolute Gasteiger partial charge is 0.311 e. The molecule has 1 fully saturated rings. The van der Waals surface area contributed by atoms with Gasteiger partial charge in [0.25, 0.3) is 0 Å². The molecule has 0 amide bonds. The molecule has 3 N–H and O–H groups in total. The van der Waals surface area contributed by atoms with E-state index < -0.39 is 0 Å². The third-order valence-corrected chi connectivity index (χ3v) is 5.33.